The van der Waals surface area contributed by atoms with E-state index in [4.69, 9.17) is 4.42 Å². The molecule has 0 saturated carbocycles. The largest absolute Gasteiger partial charge is 0.406 e. The van der Waals surface area contributed by atoms with Gasteiger partial charge in [-0.2, -0.15) is 0 Å². The lowest BCUT2D eigenvalue weighted by molar-refractivity contribution is 0.499. The van der Waals surface area contributed by atoms with Crippen LogP contribution in [0.15, 0.2) is 21.3 Å². The average Bonchev–Trinajstić information content (AvgIpc) is 2.04. The fourth-order valence-electron chi connectivity index (χ4n) is 1.07. The number of anilines is 1. The SMILES string of the molecule is O=c1ccc2c(o1)NCNC2. The van der Waals surface area contributed by atoms with Crippen molar-refractivity contribution in [1.82, 2.24) is 5.32 Å². The van der Waals surface area contributed by atoms with Crippen LogP contribution in [0, 0.1) is 0 Å². The highest BCUT2D eigenvalue weighted by atomic mass is 16.4. The van der Waals surface area contributed by atoms with Crippen molar-refractivity contribution >= 4 is 5.88 Å². The van der Waals surface area contributed by atoms with Crippen LogP contribution >= 0.6 is 0 Å². The molecule has 0 amide bonds. The van der Waals surface area contributed by atoms with Crippen molar-refractivity contribution < 1.29 is 4.42 Å². The van der Waals surface area contributed by atoms with Gasteiger partial charge < -0.3 is 9.73 Å². The first-order valence-electron chi connectivity index (χ1n) is 3.44. The van der Waals surface area contributed by atoms with Gasteiger partial charge in [-0.25, -0.2) is 4.79 Å². The molecule has 0 saturated heterocycles. The molecule has 2 rings (SSSR count). The summed E-state index contributed by atoms with van der Waals surface area (Å²) in [6.07, 6.45) is 0. The van der Waals surface area contributed by atoms with Gasteiger partial charge in [0.05, 0.1) is 6.67 Å². The Bertz CT molecular complexity index is 318. The lowest BCUT2D eigenvalue weighted by Gasteiger charge is -2.15. The van der Waals surface area contributed by atoms with Crippen molar-refractivity contribution in [1.29, 1.82) is 0 Å². The molecule has 2 heterocycles. The van der Waals surface area contributed by atoms with E-state index in [1.807, 2.05) is 0 Å². The van der Waals surface area contributed by atoms with Gasteiger partial charge in [-0.15, -0.1) is 0 Å². The van der Waals surface area contributed by atoms with Crippen molar-refractivity contribution in [2.24, 2.45) is 0 Å². The molecule has 2 N–H and O–H groups in total. The van der Waals surface area contributed by atoms with Gasteiger partial charge in [-0.3, -0.25) is 5.32 Å². The zero-order chi connectivity index (χ0) is 7.68. The summed E-state index contributed by atoms with van der Waals surface area (Å²) in [5.41, 5.74) is 0.689. The molecule has 0 unspecified atom stereocenters. The smallest absolute Gasteiger partial charge is 0.337 e. The molecule has 0 spiro atoms. The highest BCUT2D eigenvalue weighted by Gasteiger charge is 2.08. The molecule has 1 aromatic heterocycles. The number of rotatable bonds is 0. The number of nitrogens with one attached hydrogen (secondary N) is 2. The molecule has 1 aromatic rings. The summed E-state index contributed by atoms with van der Waals surface area (Å²) in [6, 6.07) is 3.19. The molecular weight excluding hydrogens is 144 g/mol. The van der Waals surface area contributed by atoms with Gasteiger partial charge in [0.1, 0.15) is 0 Å². The van der Waals surface area contributed by atoms with E-state index in [1.54, 1.807) is 6.07 Å². The fraction of sp³-hybridized carbons (Fsp3) is 0.286. The first-order valence-corrected chi connectivity index (χ1v) is 3.44. The van der Waals surface area contributed by atoms with E-state index in [9.17, 15) is 4.79 Å². The Hall–Kier alpha value is -1.29. The predicted octanol–water partition coefficient (Wildman–Crippen LogP) is 0.112. The van der Waals surface area contributed by atoms with E-state index in [0.717, 1.165) is 12.1 Å². The maximum atomic E-state index is 10.7. The second kappa shape index (κ2) is 2.39. The standard InChI is InChI=1S/C7H8N2O2/c10-6-2-1-5-3-8-4-9-7(5)11-6/h1-2,8-9H,3-4H2. The minimum absolute atomic E-state index is 0.307. The van der Waals surface area contributed by atoms with Crippen LogP contribution in [0.2, 0.25) is 0 Å². The maximum absolute atomic E-state index is 10.7. The first kappa shape index (κ1) is 6.42. The molecule has 0 bridgehead atoms. The van der Waals surface area contributed by atoms with Crippen LogP contribution in [0.3, 0.4) is 0 Å². The second-order valence-electron chi connectivity index (χ2n) is 2.39. The van der Waals surface area contributed by atoms with Crippen molar-refractivity contribution in [2.45, 2.75) is 6.54 Å². The Morgan fingerprint density at radius 3 is 3.27 bits per heavy atom. The van der Waals surface area contributed by atoms with Gasteiger partial charge in [0.15, 0.2) is 0 Å². The molecule has 11 heavy (non-hydrogen) atoms. The van der Waals surface area contributed by atoms with E-state index >= 15 is 0 Å². The molecule has 4 heteroatoms. The van der Waals surface area contributed by atoms with Crippen LogP contribution in [-0.4, -0.2) is 6.67 Å². The summed E-state index contributed by atoms with van der Waals surface area (Å²) < 4.78 is 4.89. The third kappa shape index (κ3) is 1.12. The van der Waals surface area contributed by atoms with Crippen LogP contribution in [0.5, 0.6) is 0 Å². The highest BCUT2D eigenvalue weighted by molar-refractivity contribution is 5.41. The molecular formula is C7H8N2O2. The molecule has 1 aliphatic heterocycles. The Morgan fingerprint density at radius 1 is 1.45 bits per heavy atom. The predicted molar refractivity (Wildman–Crippen MR) is 40.3 cm³/mol. The first-order chi connectivity index (χ1) is 5.36. The Kier molecular flexibility index (Phi) is 1.40. The molecule has 0 aromatic carbocycles. The summed E-state index contributed by atoms with van der Waals surface area (Å²) in [6.45, 7) is 1.41. The van der Waals surface area contributed by atoms with Gasteiger partial charge >= 0.3 is 5.63 Å². The number of hydrogen-bond acceptors (Lipinski definition) is 4. The van der Waals surface area contributed by atoms with Crippen molar-refractivity contribution in [2.75, 3.05) is 12.0 Å². The third-order valence-electron chi connectivity index (χ3n) is 1.60. The maximum Gasteiger partial charge on any atom is 0.337 e. The number of fused-ring (bicyclic) bond motifs is 1. The summed E-state index contributed by atoms with van der Waals surface area (Å²) >= 11 is 0. The Labute approximate surface area is 63.2 Å². The quantitative estimate of drug-likeness (QED) is 0.554. The molecule has 4 nitrogen and oxygen atoms in total. The summed E-state index contributed by atoms with van der Waals surface area (Å²) in [5.74, 6) is 0.594. The monoisotopic (exact) mass is 152 g/mol. The lowest BCUT2D eigenvalue weighted by atomic mass is 10.2. The van der Waals surface area contributed by atoms with E-state index < -0.39 is 0 Å². The van der Waals surface area contributed by atoms with Crippen molar-refractivity contribution in [3.63, 3.8) is 0 Å². The molecule has 0 fully saturated rings. The van der Waals surface area contributed by atoms with Crippen LogP contribution in [0.25, 0.3) is 0 Å². The van der Waals surface area contributed by atoms with Gasteiger partial charge in [0.2, 0.25) is 5.88 Å². The molecule has 0 radical (unpaired) electrons. The lowest BCUT2D eigenvalue weighted by Crippen LogP contribution is -2.28. The Morgan fingerprint density at radius 2 is 2.36 bits per heavy atom. The van der Waals surface area contributed by atoms with E-state index in [2.05, 4.69) is 10.6 Å². The molecule has 0 atom stereocenters. The normalized spacial score (nSPS) is 15.3. The molecule has 58 valence electrons. The van der Waals surface area contributed by atoms with Crippen LogP contribution in [0.1, 0.15) is 5.56 Å². The Balaban J connectivity index is 2.51. The van der Waals surface area contributed by atoms with Gasteiger partial charge in [-0.1, -0.05) is 0 Å². The highest BCUT2D eigenvalue weighted by Crippen LogP contribution is 2.13. The van der Waals surface area contributed by atoms with Crippen LogP contribution in [-0.2, 0) is 6.54 Å². The fourth-order valence-corrected chi connectivity index (χ4v) is 1.07. The summed E-state index contributed by atoms with van der Waals surface area (Å²) in [7, 11) is 0. The van der Waals surface area contributed by atoms with Gasteiger partial charge in [0, 0.05) is 18.2 Å². The molecule has 1 aliphatic rings. The summed E-state index contributed by atoms with van der Waals surface area (Å²) in [5, 5.41) is 6.01. The van der Waals surface area contributed by atoms with Gasteiger partial charge in [0.25, 0.3) is 0 Å². The number of hydrogen-bond donors (Lipinski definition) is 2. The minimum Gasteiger partial charge on any atom is -0.406 e. The van der Waals surface area contributed by atoms with E-state index in [-0.39, 0.29) is 5.63 Å². The van der Waals surface area contributed by atoms with Crippen molar-refractivity contribution in [3.8, 4) is 0 Å². The van der Waals surface area contributed by atoms with E-state index in [1.165, 1.54) is 6.07 Å². The van der Waals surface area contributed by atoms with Gasteiger partial charge in [-0.05, 0) is 6.07 Å². The third-order valence-corrected chi connectivity index (χ3v) is 1.60. The zero-order valence-corrected chi connectivity index (χ0v) is 5.89. The minimum atomic E-state index is -0.307. The average molecular weight is 152 g/mol. The van der Waals surface area contributed by atoms with Crippen molar-refractivity contribution in [3.05, 3.63) is 28.1 Å². The second-order valence-corrected chi connectivity index (χ2v) is 2.39. The topological polar surface area (TPSA) is 54.3 Å². The molecule has 0 aliphatic carbocycles. The summed E-state index contributed by atoms with van der Waals surface area (Å²) in [4.78, 5) is 10.7. The van der Waals surface area contributed by atoms with Crippen LogP contribution in [0.4, 0.5) is 5.88 Å². The zero-order valence-electron chi connectivity index (χ0n) is 5.89. The van der Waals surface area contributed by atoms with E-state index in [0.29, 0.717) is 12.6 Å². The van der Waals surface area contributed by atoms with Crippen LogP contribution < -0.4 is 16.3 Å².